The van der Waals surface area contributed by atoms with Crippen molar-refractivity contribution in [1.29, 1.82) is 0 Å². The Labute approximate surface area is 123 Å². The first-order valence-corrected chi connectivity index (χ1v) is 6.74. The van der Waals surface area contributed by atoms with E-state index < -0.39 is 24.3 Å². The molecule has 116 valence electrons. The first kappa shape index (κ1) is 16.9. The Balaban J connectivity index is 2.60. The van der Waals surface area contributed by atoms with Gasteiger partial charge in [0.05, 0.1) is 5.56 Å². The van der Waals surface area contributed by atoms with Crippen molar-refractivity contribution in [2.75, 3.05) is 12.3 Å². The van der Waals surface area contributed by atoms with Crippen LogP contribution in [0.25, 0.3) is 0 Å². The zero-order valence-electron chi connectivity index (χ0n) is 12.7. The van der Waals surface area contributed by atoms with Gasteiger partial charge in [-0.3, -0.25) is 4.79 Å². The zero-order valence-corrected chi connectivity index (χ0v) is 12.7. The summed E-state index contributed by atoms with van der Waals surface area (Å²) in [5.41, 5.74) is 6.01. The summed E-state index contributed by atoms with van der Waals surface area (Å²) in [6, 6.07) is 2.35. The predicted molar refractivity (Wildman–Crippen MR) is 78.3 cm³/mol. The van der Waals surface area contributed by atoms with Gasteiger partial charge in [0.1, 0.15) is 5.82 Å². The molecule has 6 heteroatoms. The molecule has 0 heterocycles. The van der Waals surface area contributed by atoms with Crippen LogP contribution < -0.4 is 11.1 Å². The van der Waals surface area contributed by atoms with Crippen molar-refractivity contribution in [3.63, 3.8) is 0 Å². The lowest BCUT2D eigenvalue weighted by Gasteiger charge is -2.17. The molecule has 1 atom stereocenters. The van der Waals surface area contributed by atoms with Crippen molar-refractivity contribution in [2.45, 2.75) is 33.7 Å². The van der Waals surface area contributed by atoms with Crippen LogP contribution in [0.4, 0.5) is 10.1 Å². The van der Waals surface area contributed by atoms with Crippen LogP contribution in [0, 0.1) is 18.7 Å². The second kappa shape index (κ2) is 7.06. The van der Waals surface area contributed by atoms with Crippen LogP contribution in [0.5, 0.6) is 0 Å². The predicted octanol–water partition coefficient (Wildman–Crippen LogP) is 2.03. The van der Waals surface area contributed by atoms with Gasteiger partial charge in [-0.15, -0.1) is 0 Å². The lowest BCUT2D eigenvalue weighted by Crippen LogP contribution is -2.38. The molecule has 0 aromatic heterocycles. The lowest BCUT2D eigenvalue weighted by atomic mass is 10.1. The average Bonchev–Trinajstić information content (AvgIpc) is 2.41. The second-order valence-electron chi connectivity index (χ2n) is 5.35. The zero-order chi connectivity index (χ0) is 16.2. The first-order valence-electron chi connectivity index (χ1n) is 6.74. The van der Waals surface area contributed by atoms with E-state index in [1.54, 1.807) is 0 Å². The lowest BCUT2D eigenvalue weighted by molar-refractivity contribution is -0.125. The van der Waals surface area contributed by atoms with Gasteiger partial charge in [0.2, 0.25) is 0 Å². The summed E-state index contributed by atoms with van der Waals surface area (Å²) in [7, 11) is 0. The highest BCUT2D eigenvalue weighted by Gasteiger charge is 2.15. The minimum absolute atomic E-state index is 0.0136. The Morgan fingerprint density at radius 3 is 2.48 bits per heavy atom. The standard InChI is InChI=1S/C15H21FN2O3/c1-8(2)10(4)18-14(19)7-21-15(20)11-5-12(16)9(3)13(17)6-11/h5-6,8,10H,7,17H2,1-4H3,(H,18,19). The second-order valence-corrected chi connectivity index (χ2v) is 5.35. The molecule has 0 bridgehead atoms. The van der Waals surface area contributed by atoms with Crippen LogP contribution in [0.1, 0.15) is 36.7 Å². The van der Waals surface area contributed by atoms with Crippen molar-refractivity contribution in [1.82, 2.24) is 5.32 Å². The topological polar surface area (TPSA) is 81.4 Å². The molecule has 0 aliphatic rings. The number of hydrogen-bond acceptors (Lipinski definition) is 4. The quantitative estimate of drug-likeness (QED) is 0.643. The molecular weight excluding hydrogens is 275 g/mol. The molecule has 0 saturated heterocycles. The van der Waals surface area contributed by atoms with Crippen molar-refractivity contribution < 1.29 is 18.7 Å². The van der Waals surface area contributed by atoms with Crippen molar-refractivity contribution in [3.8, 4) is 0 Å². The largest absolute Gasteiger partial charge is 0.452 e. The molecule has 1 aromatic carbocycles. The van der Waals surface area contributed by atoms with Crippen LogP contribution in [0.15, 0.2) is 12.1 Å². The minimum Gasteiger partial charge on any atom is -0.452 e. The maximum Gasteiger partial charge on any atom is 0.338 e. The van der Waals surface area contributed by atoms with Crippen molar-refractivity contribution in [3.05, 3.63) is 29.1 Å². The van der Waals surface area contributed by atoms with Gasteiger partial charge in [0.15, 0.2) is 6.61 Å². The molecule has 21 heavy (non-hydrogen) atoms. The van der Waals surface area contributed by atoms with Crippen LogP contribution in [-0.2, 0) is 9.53 Å². The Kier molecular flexibility index (Phi) is 5.69. The van der Waals surface area contributed by atoms with Crippen LogP contribution >= 0.6 is 0 Å². The number of benzene rings is 1. The number of hydrogen-bond donors (Lipinski definition) is 2. The number of anilines is 1. The third kappa shape index (κ3) is 4.73. The fourth-order valence-electron chi connectivity index (χ4n) is 1.49. The van der Waals surface area contributed by atoms with E-state index >= 15 is 0 Å². The summed E-state index contributed by atoms with van der Waals surface area (Å²) >= 11 is 0. The molecule has 5 nitrogen and oxygen atoms in total. The number of carbonyl (C=O) groups is 2. The third-order valence-corrected chi connectivity index (χ3v) is 3.34. The summed E-state index contributed by atoms with van der Waals surface area (Å²) in [6.07, 6.45) is 0. The van der Waals surface area contributed by atoms with E-state index in [2.05, 4.69) is 5.32 Å². The van der Waals surface area contributed by atoms with Crippen LogP contribution in [0.2, 0.25) is 0 Å². The number of esters is 1. The van der Waals surface area contributed by atoms with Crippen LogP contribution in [0.3, 0.4) is 0 Å². The highest BCUT2D eigenvalue weighted by Crippen LogP contribution is 2.18. The Morgan fingerprint density at radius 1 is 1.33 bits per heavy atom. The SMILES string of the molecule is Cc1c(N)cc(C(=O)OCC(=O)NC(C)C(C)C)cc1F. The van der Waals surface area contributed by atoms with E-state index in [0.29, 0.717) is 0 Å². The monoisotopic (exact) mass is 296 g/mol. The van der Waals surface area contributed by atoms with E-state index in [-0.39, 0.29) is 28.8 Å². The average molecular weight is 296 g/mol. The van der Waals surface area contributed by atoms with Gasteiger partial charge in [-0.25, -0.2) is 9.18 Å². The van der Waals surface area contributed by atoms with Gasteiger partial charge in [-0.05, 0) is 31.9 Å². The van der Waals surface area contributed by atoms with E-state index in [0.717, 1.165) is 6.07 Å². The molecule has 0 aliphatic heterocycles. The number of nitrogens with one attached hydrogen (secondary N) is 1. The van der Waals surface area contributed by atoms with Gasteiger partial charge in [-0.2, -0.15) is 0 Å². The fraction of sp³-hybridized carbons (Fsp3) is 0.467. The molecule has 3 N–H and O–H groups in total. The molecule has 0 aliphatic carbocycles. The van der Waals surface area contributed by atoms with Gasteiger partial charge in [0.25, 0.3) is 5.91 Å². The molecular formula is C15H21FN2O3. The number of nitrogen functional groups attached to an aromatic ring is 1. The summed E-state index contributed by atoms with van der Waals surface area (Å²) in [4.78, 5) is 23.4. The first-order chi connectivity index (χ1) is 9.72. The molecule has 1 unspecified atom stereocenters. The third-order valence-electron chi connectivity index (χ3n) is 3.34. The van der Waals surface area contributed by atoms with E-state index in [1.165, 1.54) is 13.0 Å². The number of ether oxygens (including phenoxy) is 1. The Bertz CT molecular complexity index is 521. The number of amides is 1. The molecule has 1 amide bonds. The minimum atomic E-state index is -0.784. The van der Waals surface area contributed by atoms with Crippen molar-refractivity contribution in [2.24, 2.45) is 5.92 Å². The Hall–Kier alpha value is -2.11. The molecule has 0 fully saturated rings. The molecule has 0 radical (unpaired) electrons. The van der Waals surface area contributed by atoms with Gasteiger partial charge < -0.3 is 15.8 Å². The maximum absolute atomic E-state index is 13.5. The number of halogens is 1. The van der Waals surface area contributed by atoms with Gasteiger partial charge >= 0.3 is 5.97 Å². The Morgan fingerprint density at radius 2 is 1.95 bits per heavy atom. The van der Waals surface area contributed by atoms with Gasteiger partial charge in [0, 0.05) is 17.3 Å². The number of rotatable bonds is 5. The van der Waals surface area contributed by atoms with Gasteiger partial charge in [-0.1, -0.05) is 13.8 Å². The smallest absolute Gasteiger partial charge is 0.338 e. The normalized spacial score (nSPS) is 12.1. The summed E-state index contributed by atoms with van der Waals surface area (Å²) in [5, 5.41) is 2.70. The maximum atomic E-state index is 13.5. The fourth-order valence-corrected chi connectivity index (χ4v) is 1.49. The van der Waals surface area contributed by atoms with E-state index in [9.17, 15) is 14.0 Å². The summed E-state index contributed by atoms with van der Waals surface area (Å²) in [5.74, 6) is -1.49. The number of carbonyl (C=O) groups excluding carboxylic acids is 2. The molecule has 0 saturated carbocycles. The molecule has 0 spiro atoms. The highest BCUT2D eigenvalue weighted by atomic mass is 19.1. The molecule has 1 rings (SSSR count). The van der Waals surface area contributed by atoms with E-state index in [4.69, 9.17) is 10.5 Å². The van der Waals surface area contributed by atoms with Crippen LogP contribution in [-0.4, -0.2) is 24.5 Å². The van der Waals surface area contributed by atoms with E-state index in [1.807, 2.05) is 20.8 Å². The number of nitrogens with two attached hydrogens (primary N) is 1. The summed E-state index contributed by atoms with van der Waals surface area (Å²) < 4.78 is 18.3. The summed E-state index contributed by atoms with van der Waals surface area (Å²) in [6.45, 7) is 6.90. The van der Waals surface area contributed by atoms with Crippen molar-refractivity contribution >= 4 is 17.6 Å². The highest BCUT2D eigenvalue weighted by molar-refractivity contribution is 5.92. The molecule has 1 aromatic rings.